The first-order valence-corrected chi connectivity index (χ1v) is 10.1. The first-order chi connectivity index (χ1) is 15.6. The van der Waals surface area contributed by atoms with Crippen molar-refractivity contribution in [2.75, 3.05) is 26.9 Å². The minimum Gasteiger partial charge on any atom is -0.449 e. The molecule has 172 valence electrons. The van der Waals surface area contributed by atoms with Crippen LogP contribution in [0.5, 0.6) is 0 Å². The summed E-state index contributed by atoms with van der Waals surface area (Å²) in [6, 6.07) is -0.969. The molecule has 0 saturated carbocycles. The number of carbonyl (C=O) groups is 4. The van der Waals surface area contributed by atoms with Crippen molar-refractivity contribution >= 4 is 23.8 Å². The Hall–Kier alpha value is -3.92. The van der Waals surface area contributed by atoms with Gasteiger partial charge in [-0.05, 0) is 12.8 Å². The highest BCUT2D eigenvalue weighted by Gasteiger charge is 2.78. The molecule has 0 radical (unpaired) electrons. The lowest BCUT2D eigenvalue weighted by atomic mass is 9.82. The summed E-state index contributed by atoms with van der Waals surface area (Å²) in [5.74, 6) is 0.441. The molecule has 5 rings (SSSR count). The molecule has 2 saturated heterocycles. The van der Waals surface area contributed by atoms with Gasteiger partial charge in [-0.1, -0.05) is 0 Å². The van der Waals surface area contributed by atoms with Gasteiger partial charge in [0.15, 0.2) is 12.3 Å². The predicted molar refractivity (Wildman–Crippen MR) is 107 cm³/mol. The van der Waals surface area contributed by atoms with Crippen LogP contribution in [-0.2, 0) is 23.8 Å². The molecule has 0 aromatic heterocycles. The number of piperazine rings is 1. The van der Waals surface area contributed by atoms with Crippen molar-refractivity contribution in [3.05, 3.63) is 22.5 Å². The topological polar surface area (TPSA) is 179 Å². The highest BCUT2D eigenvalue weighted by Crippen LogP contribution is 2.59. The minimum atomic E-state index is -1.36. The molecular formula is C20H20N6O7. The summed E-state index contributed by atoms with van der Waals surface area (Å²) >= 11 is 0. The van der Waals surface area contributed by atoms with E-state index in [0.29, 0.717) is 0 Å². The maximum atomic E-state index is 13.1. The number of carbonyl (C=O) groups excluding carboxylic acids is 4. The van der Waals surface area contributed by atoms with Gasteiger partial charge in [0, 0.05) is 24.8 Å². The van der Waals surface area contributed by atoms with Gasteiger partial charge in [0.1, 0.15) is 12.6 Å². The van der Waals surface area contributed by atoms with Crippen LogP contribution in [0.3, 0.4) is 0 Å². The third-order valence-corrected chi connectivity index (χ3v) is 6.87. The smallest absolute Gasteiger partial charge is 0.410 e. The van der Waals surface area contributed by atoms with Crippen LogP contribution in [0.1, 0.15) is 6.92 Å². The number of ether oxygens (including phenoxy) is 3. The molecule has 2 fully saturated rings. The number of amides is 2. The Morgan fingerprint density at radius 3 is 2.55 bits per heavy atom. The van der Waals surface area contributed by atoms with Crippen molar-refractivity contribution in [3.63, 3.8) is 0 Å². The molecule has 13 nitrogen and oxygen atoms in total. The quantitative estimate of drug-likeness (QED) is 0.298. The molecule has 1 aliphatic carbocycles. The minimum absolute atomic E-state index is 0.0757. The Bertz CT molecular complexity index is 1160. The molecule has 0 aromatic carbocycles. The van der Waals surface area contributed by atoms with Crippen LogP contribution in [0.15, 0.2) is 32.8 Å². The number of primary amides is 1. The molecule has 33 heavy (non-hydrogen) atoms. The van der Waals surface area contributed by atoms with Crippen LogP contribution >= 0.6 is 0 Å². The van der Waals surface area contributed by atoms with E-state index in [1.165, 1.54) is 18.9 Å². The monoisotopic (exact) mass is 456 g/mol. The lowest BCUT2D eigenvalue weighted by Crippen LogP contribution is -2.56. The fourth-order valence-electron chi connectivity index (χ4n) is 5.18. The summed E-state index contributed by atoms with van der Waals surface area (Å²) in [4.78, 5) is 53.4. The van der Waals surface area contributed by atoms with E-state index in [0.717, 1.165) is 0 Å². The average Bonchev–Trinajstić information content (AvgIpc) is 3.67. The third-order valence-electron chi connectivity index (χ3n) is 6.87. The summed E-state index contributed by atoms with van der Waals surface area (Å²) in [6.07, 6.45) is 3.61. The first kappa shape index (κ1) is 21.0. The molecule has 5 aliphatic rings. The zero-order valence-electron chi connectivity index (χ0n) is 17.7. The van der Waals surface area contributed by atoms with E-state index in [2.05, 4.69) is 16.1 Å². The average molecular weight is 456 g/mol. The van der Waals surface area contributed by atoms with Gasteiger partial charge >= 0.3 is 12.2 Å². The molecule has 0 bridgehead atoms. The van der Waals surface area contributed by atoms with E-state index < -0.39 is 47.1 Å². The Balaban J connectivity index is 1.47. The maximum absolute atomic E-state index is 13.1. The van der Waals surface area contributed by atoms with Crippen molar-refractivity contribution in [2.24, 2.45) is 27.6 Å². The second-order valence-corrected chi connectivity index (χ2v) is 8.34. The summed E-state index contributed by atoms with van der Waals surface area (Å²) in [7, 11) is 1.39. The van der Waals surface area contributed by atoms with Gasteiger partial charge in [-0.3, -0.25) is 14.5 Å². The van der Waals surface area contributed by atoms with Crippen LogP contribution in [-0.4, -0.2) is 83.9 Å². The van der Waals surface area contributed by atoms with E-state index in [9.17, 15) is 19.2 Å². The second-order valence-electron chi connectivity index (χ2n) is 8.34. The summed E-state index contributed by atoms with van der Waals surface area (Å²) < 4.78 is 16.2. The van der Waals surface area contributed by atoms with E-state index in [1.54, 1.807) is 4.90 Å². The van der Waals surface area contributed by atoms with E-state index in [1.807, 2.05) is 0 Å². The highest BCUT2D eigenvalue weighted by atomic mass is 16.6. The van der Waals surface area contributed by atoms with Gasteiger partial charge in [0.2, 0.25) is 11.6 Å². The standard InChI is InChI=1S/C20H20N6O7/c1-4-19(23-24-19)7-33-18(30)26-10-5-25-13-11(15(28)12(21)8(2)14(13)27)9(6-32-17(22)29)20(25,31-3)16(10)26/h1,9-10,16H,5-7,21H2,2-3H3,(H2,22,29)/t9-,10+,16+,20-,26?/m1/s1. The number of nitrogens with zero attached hydrogens (tertiary/aromatic N) is 4. The number of methoxy groups -OCH3 is 1. The Morgan fingerprint density at radius 2 is 1.97 bits per heavy atom. The molecule has 13 heteroatoms. The lowest BCUT2D eigenvalue weighted by Gasteiger charge is -2.40. The van der Waals surface area contributed by atoms with Gasteiger partial charge in [0.25, 0.3) is 5.66 Å². The van der Waals surface area contributed by atoms with Crippen LogP contribution < -0.4 is 11.5 Å². The number of fused-ring (bicyclic) bond motifs is 4. The van der Waals surface area contributed by atoms with Crippen LogP contribution in [0.25, 0.3) is 0 Å². The van der Waals surface area contributed by atoms with Crippen molar-refractivity contribution in [3.8, 4) is 12.3 Å². The molecule has 4 heterocycles. The third kappa shape index (κ3) is 2.58. The van der Waals surface area contributed by atoms with Gasteiger partial charge < -0.3 is 30.6 Å². The van der Waals surface area contributed by atoms with Crippen molar-refractivity contribution in [1.29, 1.82) is 0 Å². The molecule has 4 atom stereocenters. The number of hydrogen-bond donors (Lipinski definition) is 2. The number of ketones is 2. The molecule has 0 unspecified atom stereocenters. The predicted octanol–water partition coefficient (Wildman–Crippen LogP) is -1.01. The number of Topliss-reactive ketones (excluding diaryl/α,β-unsaturated/α-hetero) is 2. The van der Waals surface area contributed by atoms with Gasteiger partial charge in [0.05, 0.1) is 23.4 Å². The Labute approximate surface area is 187 Å². The van der Waals surface area contributed by atoms with Crippen LogP contribution in [0.2, 0.25) is 0 Å². The summed E-state index contributed by atoms with van der Waals surface area (Å²) in [6.45, 7) is 1.10. The van der Waals surface area contributed by atoms with Gasteiger partial charge in [-0.2, -0.15) is 0 Å². The molecule has 4 aliphatic heterocycles. The Kier molecular flexibility index (Phi) is 4.16. The number of allylic oxidation sites excluding steroid dienone is 2. The fraction of sp³-hybridized carbons (Fsp3) is 0.500. The van der Waals surface area contributed by atoms with Crippen LogP contribution in [0, 0.1) is 18.3 Å². The Morgan fingerprint density at radius 1 is 1.27 bits per heavy atom. The van der Waals surface area contributed by atoms with Crippen molar-refractivity contribution < 1.29 is 33.4 Å². The fourth-order valence-corrected chi connectivity index (χ4v) is 5.18. The number of terminal acetylenes is 1. The van der Waals surface area contributed by atoms with Crippen LogP contribution in [0.4, 0.5) is 9.59 Å². The molecule has 2 amide bonds. The zero-order chi connectivity index (χ0) is 23.9. The number of rotatable bonds is 5. The van der Waals surface area contributed by atoms with Gasteiger partial charge in [-0.25, -0.2) is 9.59 Å². The zero-order valence-corrected chi connectivity index (χ0v) is 17.7. The van der Waals surface area contributed by atoms with Gasteiger partial charge in [-0.15, -0.1) is 16.7 Å². The largest absolute Gasteiger partial charge is 0.449 e. The molecule has 0 spiro atoms. The first-order valence-electron chi connectivity index (χ1n) is 10.1. The summed E-state index contributed by atoms with van der Waals surface area (Å²) in [5.41, 5.74) is 8.70. The van der Waals surface area contributed by atoms with Crippen molar-refractivity contribution in [1.82, 2.24) is 9.80 Å². The van der Waals surface area contributed by atoms with Crippen molar-refractivity contribution in [2.45, 2.75) is 30.4 Å². The molecular weight excluding hydrogens is 436 g/mol. The molecule has 0 aromatic rings. The normalized spacial score (nSPS) is 32.3. The number of hydrogen-bond acceptors (Lipinski definition) is 11. The molecule has 4 N–H and O–H groups in total. The van der Waals surface area contributed by atoms with E-state index in [4.69, 9.17) is 32.1 Å². The van der Waals surface area contributed by atoms with E-state index >= 15 is 0 Å². The lowest BCUT2D eigenvalue weighted by molar-refractivity contribution is -0.144. The SMILES string of the molecule is C#CC1(COC(=O)N2[C@H]3[C@@H]2CN2C4=C(C(=O)C(N)=C(C)C4=O)[C@@H](COC(N)=O)[C@@]32OC)N=N1. The number of nitrogens with two attached hydrogens (primary N) is 2. The second kappa shape index (κ2) is 6.55. The highest BCUT2D eigenvalue weighted by molar-refractivity contribution is 6.25. The van der Waals surface area contributed by atoms with E-state index in [-0.39, 0.29) is 48.3 Å². The maximum Gasteiger partial charge on any atom is 0.410 e. The summed E-state index contributed by atoms with van der Waals surface area (Å²) in [5, 5.41) is 7.39.